The highest BCUT2D eigenvalue weighted by Gasteiger charge is 2.10. The number of nitrogens with zero attached hydrogens (tertiary/aromatic N) is 3. The zero-order valence-corrected chi connectivity index (χ0v) is 10.3. The summed E-state index contributed by atoms with van der Waals surface area (Å²) in [5, 5.41) is 16.6. The molecule has 1 amide bonds. The molecule has 2 rings (SSSR count). The van der Waals surface area contributed by atoms with Gasteiger partial charge in [-0.3, -0.25) is 4.79 Å². The lowest BCUT2D eigenvalue weighted by Crippen LogP contribution is -2.25. The minimum atomic E-state index is -0.0340. The molecule has 1 atom stereocenters. The molecular weight excluding hydrogens is 230 g/mol. The lowest BCUT2D eigenvalue weighted by Gasteiger charge is -2.14. The number of amides is 1. The number of benzene rings is 1. The Balaban J connectivity index is 2.19. The van der Waals surface area contributed by atoms with Crippen LogP contribution >= 0.6 is 0 Å². The molecule has 0 radical (unpaired) electrons. The fourth-order valence-corrected chi connectivity index (χ4v) is 1.66. The number of hydrogen-bond acceptors (Lipinski definition) is 4. The van der Waals surface area contributed by atoms with Crippen molar-refractivity contribution in [3.05, 3.63) is 29.8 Å². The monoisotopic (exact) mass is 245 g/mol. The molecule has 0 aliphatic heterocycles. The summed E-state index contributed by atoms with van der Waals surface area (Å²) in [5.41, 5.74) is 1.92. The zero-order valence-electron chi connectivity index (χ0n) is 10.3. The van der Waals surface area contributed by atoms with Crippen LogP contribution in [0.15, 0.2) is 24.3 Å². The van der Waals surface area contributed by atoms with Crippen molar-refractivity contribution in [1.29, 1.82) is 0 Å². The maximum Gasteiger partial charge on any atom is 0.220 e. The van der Waals surface area contributed by atoms with Gasteiger partial charge in [0.15, 0.2) is 5.82 Å². The van der Waals surface area contributed by atoms with Gasteiger partial charge >= 0.3 is 0 Å². The van der Waals surface area contributed by atoms with Gasteiger partial charge in [-0.1, -0.05) is 25.1 Å². The Morgan fingerprint density at radius 2 is 2.33 bits per heavy atom. The maximum absolute atomic E-state index is 11.4. The first-order chi connectivity index (χ1) is 8.70. The fourth-order valence-electron chi connectivity index (χ4n) is 1.66. The molecule has 0 saturated heterocycles. The molecule has 0 aliphatic carbocycles. The van der Waals surface area contributed by atoms with Crippen LogP contribution in [0, 0.1) is 0 Å². The highest BCUT2D eigenvalue weighted by atomic mass is 16.1. The number of rotatable bonds is 4. The van der Waals surface area contributed by atoms with E-state index in [2.05, 4.69) is 25.9 Å². The lowest BCUT2D eigenvalue weighted by molar-refractivity contribution is -0.121. The summed E-state index contributed by atoms with van der Waals surface area (Å²) in [4.78, 5) is 11.4. The largest absolute Gasteiger partial charge is 0.350 e. The first-order valence-corrected chi connectivity index (χ1v) is 5.84. The number of aromatic amines is 1. The summed E-state index contributed by atoms with van der Waals surface area (Å²) in [6.45, 7) is 3.78. The van der Waals surface area contributed by atoms with Gasteiger partial charge < -0.3 is 5.32 Å². The molecule has 2 aromatic rings. The van der Waals surface area contributed by atoms with Crippen LogP contribution in [0.25, 0.3) is 11.4 Å². The van der Waals surface area contributed by atoms with Crippen molar-refractivity contribution in [2.24, 2.45) is 0 Å². The smallest absolute Gasteiger partial charge is 0.220 e. The lowest BCUT2D eigenvalue weighted by atomic mass is 10.0. The maximum atomic E-state index is 11.4. The quantitative estimate of drug-likeness (QED) is 0.854. The van der Waals surface area contributed by atoms with Gasteiger partial charge in [0.2, 0.25) is 5.91 Å². The fraction of sp³-hybridized carbons (Fsp3) is 0.333. The minimum Gasteiger partial charge on any atom is -0.350 e. The first kappa shape index (κ1) is 12.2. The van der Waals surface area contributed by atoms with Gasteiger partial charge in [-0.2, -0.15) is 0 Å². The van der Waals surface area contributed by atoms with E-state index in [0.717, 1.165) is 11.1 Å². The standard InChI is InChI=1S/C12H15N5O/c1-3-11(18)13-8(2)9-5-4-6-10(7-9)12-14-16-17-15-12/h4-8H,3H2,1-2H3,(H,13,18)(H,14,15,16,17)/t8-/m0/s1. The van der Waals surface area contributed by atoms with E-state index in [1.54, 1.807) is 0 Å². The molecule has 6 heteroatoms. The Hall–Kier alpha value is -2.24. The number of carbonyl (C=O) groups excluding carboxylic acids is 1. The summed E-state index contributed by atoms with van der Waals surface area (Å²) in [6.07, 6.45) is 0.482. The zero-order chi connectivity index (χ0) is 13.0. The van der Waals surface area contributed by atoms with E-state index in [4.69, 9.17) is 0 Å². The molecule has 0 saturated carbocycles. The van der Waals surface area contributed by atoms with Crippen LogP contribution in [0.5, 0.6) is 0 Å². The number of aromatic nitrogens is 4. The van der Waals surface area contributed by atoms with Crippen molar-refractivity contribution in [3.63, 3.8) is 0 Å². The summed E-state index contributed by atoms with van der Waals surface area (Å²) >= 11 is 0. The Kier molecular flexibility index (Phi) is 3.66. The van der Waals surface area contributed by atoms with Gasteiger partial charge in [-0.15, -0.1) is 5.10 Å². The van der Waals surface area contributed by atoms with Crippen molar-refractivity contribution < 1.29 is 4.79 Å². The highest BCUT2D eigenvalue weighted by Crippen LogP contribution is 2.19. The molecule has 0 spiro atoms. The predicted octanol–water partition coefficient (Wildman–Crippen LogP) is 1.45. The Labute approximate surface area is 105 Å². The molecule has 6 nitrogen and oxygen atoms in total. The number of nitrogens with one attached hydrogen (secondary N) is 2. The Morgan fingerprint density at radius 1 is 1.50 bits per heavy atom. The van der Waals surface area contributed by atoms with Gasteiger partial charge in [0, 0.05) is 12.0 Å². The predicted molar refractivity (Wildman–Crippen MR) is 66.5 cm³/mol. The van der Waals surface area contributed by atoms with Crippen LogP contribution in [0.3, 0.4) is 0 Å². The molecule has 0 fully saturated rings. The first-order valence-electron chi connectivity index (χ1n) is 5.84. The SMILES string of the molecule is CCC(=O)N[C@@H](C)c1cccc(-c2nnn[nH]2)c1. The molecule has 1 heterocycles. The molecule has 1 aromatic carbocycles. The third-order valence-electron chi connectivity index (χ3n) is 2.70. The van der Waals surface area contributed by atoms with Gasteiger partial charge in [0.1, 0.15) is 0 Å². The van der Waals surface area contributed by atoms with E-state index in [1.807, 2.05) is 38.1 Å². The third kappa shape index (κ3) is 2.71. The normalized spacial score (nSPS) is 12.1. The molecule has 0 unspecified atom stereocenters. The minimum absolute atomic E-state index is 0.0340. The van der Waals surface area contributed by atoms with Crippen molar-refractivity contribution in [1.82, 2.24) is 25.9 Å². The van der Waals surface area contributed by atoms with E-state index in [0.29, 0.717) is 12.2 Å². The molecule has 18 heavy (non-hydrogen) atoms. The van der Waals surface area contributed by atoms with Crippen molar-refractivity contribution in [2.75, 3.05) is 0 Å². The van der Waals surface area contributed by atoms with E-state index < -0.39 is 0 Å². The molecule has 1 aromatic heterocycles. The topological polar surface area (TPSA) is 83.6 Å². The third-order valence-corrected chi connectivity index (χ3v) is 2.70. The second-order valence-electron chi connectivity index (χ2n) is 4.02. The van der Waals surface area contributed by atoms with Crippen molar-refractivity contribution >= 4 is 5.91 Å². The van der Waals surface area contributed by atoms with Crippen LogP contribution in [0.1, 0.15) is 31.9 Å². The summed E-state index contributed by atoms with van der Waals surface area (Å²) in [7, 11) is 0. The van der Waals surface area contributed by atoms with Crippen LogP contribution in [0.4, 0.5) is 0 Å². The average Bonchev–Trinajstić information content (AvgIpc) is 2.92. The van der Waals surface area contributed by atoms with Crippen LogP contribution in [0.2, 0.25) is 0 Å². The van der Waals surface area contributed by atoms with E-state index >= 15 is 0 Å². The number of carbonyl (C=O) groups is 1. The second kappa shape index (κ2) is 5.39. The Morgan fingerprint density at radius 3 is 3.00 bits per heavy atom. The van der Waals surface area contributed by atoms with Crippen LogP contribution < -0.4 is 5.32 Å². The van der Waals surface area contributed by atoms with E-state index in [-0.39, 0.29) is 11.9 Å². The van der Waals surface area contributed by atoms with Crippen LogP contribution in [-0.2, 0) is 4.79 Å². The summed E-state index contributed by atoms with van der Waals surface area (Å²) < 4.78 is 0. The van der Waals surface area contributed by atoms with Gasteiger partial charge in [0.25, 0.3) is 0 Å². The van der Waals surface area contributed by atoms with Gasteiger partial charge in [-0.05, 0) is 29.0 Å². The average molecular weight is 245 g/mol. The van der Waals surface area contributed by atoms with E-state index in [1.165, 1.54) is 0 Å². The van der Waals surface area contributed by atoms with Gasteiger partial charge in [0.05, 0.1) is 6.04 Å². The van der Waals surface area contributed by atoms with Gasteiger partial charge in [-0.25, -0.2) is 5.10 Å². The molecular formula is C12H15N5O. The summed E-state index contributed by atoms with van der Waals surface area (Å²) in [5.74, 6) is 0.653. The molecule has 0 aliphatic rings. The molecule has 0 bridgehead atoms. The number of H-pyrrole nitrogens is 1. The summed E-state index contributed by atoms with van der Waals surface area (Å²) in [6, 6.07) is 7.73. The van der Waals surface area contributed by atoms with Crippen LogP contribution in [-0.4, -0.2) is 26.5 Å². The van der Waals surface area contributed by atoms with Crippen molar-refractivity contribution in [2.45, 2.75) is 26.3 Å². The second-order valence-corrected chi connectivity index (χ2v) is 4.02. The van der Waals surface area contributed by atoms with Crippen molar-refractivity contribution in [3.8, 4) is 11.4 Å². The highest BCUT2D eigenvalue weighted by molar-refractivity contribution is 5.76. The molecule has 2 N–H and O–H groups in total. The Bertz CT molecular complexity index is 523. The number of hydrogen-bond donors (Lipinski definition) is 2. The molecule has 94 valence electrons. The van der Waals surface area contributed by atoms with E-state index in [9.17, 15) is 4.79 Å². The number of tetrazole rings is 1.